The molecule has 3 amide bonds. The summed E-state index contributed by atoms with van der Waals surface area (Å²) in [6.45, 7) is -0.959. The number of carbonyl (C=O) groups excluding carboxylic acids is 3. The van der Waals surface area contributed by atoms with Crippen LogP contribution in [0.2, 0.25) is 0 Å². The van der Waals surface area contributed by atoms with Crippen molar-refractivity contribution in [1.29, 1.82) is 0 Å². The number of rotatable bonds is 7. The molecule has 226 valence electrons. The second kappa shape index (κ2) is 10.1. The van der Waals surface area contributed by atoms with E-state index in [0.717, 1.165) is 0 Å². The van der Waals surface area contributed by atoms with Crippen LogP contribution in [0.15, 0.2) is 29.2 Å². The first-order valence-corrected chi connectivity index (χ1v) is 13.7. The first-order valence-electron chi connectivity index (χ1n) is 15.7. The monoisotopic (exact) mass is 594 g/mol. The largest absolute Gasteiger partial charge is 0.453 e. The summed E-state index contributed by atoms with van der Waals surface area (Å²) < 4.78 is 40.8. The number of aromatic nitrogens is 6. The Kier molecular flexibility index (Phi) is 5.54. The standard InChI is InChI=1S/C28H34N10O5/c1-14-12-28(14,25(29)40)38-23-17(22(34-38)24(39)35(2)3)8-9-20(33-23)32-21-11-18-19(13-30-21)36(4)27(42)37(18)16-7-6-15(10-16)31-26(41)43-5/h8-9,11,13-16H,6-7,10,12H2,1-5H3,(H2,29,40)(H,31,41)(H,30,32,33)/t14-,15+,16+,28-/m0/s1/i4D3,15D. The number of pyridine rings is 2. The molecule has 4 aromatic rings. The number of methoxy groups -OCH3 is 1. The first-order chi connectivity index (χ1) is 22.0. The Bertz CT molecular complexity index is 2020. The number of primary amides is 1. The molecule has 0 bridgehead atoms. The SMILES string of the molecule is [2H]C([2H])([2H])n1c(=O)n([C@@H]2CC[C@@]([2H])(NC(=O)OC)C2)c2cc(Nc3ccc4c(C(=O)N(C)C)nn([C@@]5(C(N)=O)C[C@@H]5C)c4n3)ncc21. The van der Waals surface area contributed by atoms with Gasteiger partial charge < -0.3 is 26.0 Å². The summed E-state index contributed by atoms with van der Waals surface area (Å²) in [6, 6.07) is 2.72. The molecule has 4 N–H and O–H groups in total. The average Bonchev–Trinajstić information content (AvgIpc) is 3.24. The van der Waals surface area contributed by atoms with Crippen molar-refractivity contribution in [2.45, 2.75) is 50.2 Å². The van der Waals surface area contributed by atoms with Crippen molar-refractivity contribution in [1.82, 2.24) is 39.1 Å². The quantitative estimate of drug-likeness (QED) is 0.286. The van der Waals surface area contributed by atoms with Crippen molar-refractivity contribution in [3.8, 4) is 0 Å². The highest BCUT2D eigenvalue weighted by molar-refractivity contribution is 6.05. The zero-order valence-electron chi connectivity index (χ0n) is 28.0. The van der Waals surface area contributed by atoms with Gasteiger partial charge in [0.05, 0.1) is 31.1 Å². The minimum Gasteiger partial charge on any atom is -0.453 e. The van der Waals surface area contributed by atoms with Gasteiger partial charge in [-0.25, -0.2) is 24.2 Å². The highest BCUT2D eigenvalue weighted by Crippen LogP contribution is 2.51. The summed E-state index contributed by atoms with van der Waals surface area (Å²) in [4.78, 5) is 61.5. The second-order valence-electron chi connectivity index (χ2n) is 11.2. The van der Waals surface area contributed by atoms with Gasteiger partial charge in [-0.1, -0.05) is 6.92 Å². The number of aryl methyl sites for hydroxylation is 1. The Labute approximate surface area is 251 Å². The molecule has 0 aliphatic heterocycles. The Morgan fingerprint density at radius 3 is 2.65 bits per heavy atom. The summed E-state index contributed by atoms with van der Waals surface area (Å²) in [5.41, 5.74) is 4.54. The molecule has 0 radical (unpaired) electrons. The number of nitrogens with zero attached hydrogens (tertiary/aromatic N) is 7. The van der Waals surface area contributed by atoms with Gasteiger partial charge in [0.15, 0.2) is 11.3 Å². The summed E-state index contributed by atoms with van der Waals surface area (Å²) in [5.74, 6) is -0.623. The molecule has 15 heteroatoms. The van der Waals surface area contributed by atoms with Gasteiger partial charge >= 0.3 is 11.8 Å². The molecule has 6 rings (SSSR count). The summed E-state index contributed by atoms with van der Waals surface area (Å²) in [5, 5.41) is 10.5. The van der Waals surface area contributed by atoms with E-state index in [1.54, 1.807) is 26.2 Å². The van der Waals surface area contributed by atoms with Crippen LogP contribution in [0, 0.1) is 5.92 Å². The van der Waals surface area contributed by atoms with E-state index in [1.807, 2.05) is 6.92 Å². The topological polar surface area (TPSA) is 184 Å². The number of fused-ring (bicyclic) bond motifs is 2. The number of carbonyl (C=O) groups is 3. The van der Waals surface area contributed by atoms with Crippen LogP contribution in [0.3, 0.4) is 0 Å². The zero-order chi connectivity index (χ0) is 34.2. The van der Waals surface area contributed by atoms with E-state index in [4.69, 9.17) is 11.2 Å². The third-order valence-corrected chi connectivity index (χ3v) is 8.32. The molecule has 2 aliphatic carbocycles. The highest BCUT2D eigenvalue weighted by Gasteiger charge is 2.60. The Balaban J connectivity index is 1.43. The van der Waals surface area contributed by atoms with Crippen molar-refractivity contribution >= 4 is 51.6 Å². The van der Waals surface area contributed by atoms with Crippen LogP contribution in [-0.2, 0) is 22.0 Å². The van der Waals surface area contributed by atoms with E-state index in [0.29, 0.717) is 22.8 Å². The summed E-state index contributed by atoms with van der Waals surface area (Å²) in [6.07, 6.45) is 1.47. The third kappa shape index (κ3) is 4.46. The first kappa shape index (κ1) is 23.6. The molecule has 2 aliphatic rings. The number of imidazole rings is 1. The molecule has 0 unspecified atom stereocenters. The van der Waals surface area contributed by atoms with E-state index in [-0.39, 0.29) is 58.7 Å². The van der Waals surface area contributed by atoms with Crippen LogP contribution in [0.1, 0.15) is 54.6 Å². The lowest BCUT2D eigenvalue weighted by atomic mass is 10.2. The third-order valence-electron chi connectivity index (χ3n) is 8.32. The molecule has 15 nitrogen and oxygen atoms in total. The minimum atomic E-state index is -2.82. The molecular weight excluding hydrogens is 556 g/mol. The Morgan fingerprint density at radius 2 is 2.00 bits per heavy atom. The number of hydrogen-bond acceptors (Lipinski definition) is 9. The fourth-order valence-electron chi connectivity index (χ4n) is 5.89. The van der Waals surface area contributed by atoms with E-state index < -0.39 is 42.3 Å². The van der Waals surface area contributed by atoms with Gasteiger partial charge in [-0.3, -0.25) is 18.7 Å². The molecule has 4 heterocycles. The number of hydrogen-bond donors (Lipinski definition) is 3. The zero-order valence-corrected chi connectivity index (χ0v) is 24.0. The van der Waals surface area contributed by atoms with Crippen molar-refractivity contribution in [3.05, 3.63) is 40.6 Å². The number of alkyl carbamates (subject to hydrolysis) is 1. The van der Waals surface area contributed by atoms with E-state index in [9.17, 15) is 19.2 Å². The average molecular weight is 595 g/mol. The van der Waals surface area contributed by atoms with Crippen molar-refractivity contribution in [3.63, 3.8) is 0 Å². The molecule has 0 saturated heterocycles. The Morgan fingerprint density at radius 1 is 1.23 bits per heavy atom. The summed E-state index contributed by atoms with van der Waals surface area (Å²) >= 11 is 0. The predicted octanol–water partition coefficient (Wildman–Crippen LogP) is 1.60. The normalized spacial score (nSPS) is 26.3. The van der Waals surface area contributed by atoms with Crippen LogP contribution >= 0.6 is 0 Å². The van der Waals surface area contributed by atoms with Gasteiger partial charge in [0.25, 0.3) is 5.91 Å². The van der Waals surface area contributed by atoms with Crippen molar-refractivity contribution in [2.24, 2.45) is 18.6 Å². The molecular formula is C28H34N10O5. The minimum absolute atomic E-state index is 0.0312. The number of ether oxygens (including phenoxy) is 1. The van der Waals surface area contributed by atoms with E-state index >= 15 is 0 Å². The maximum Gasteiger partial charge on any atom is 0.407 e. The molecule has 4 aromatic heterocycles. The van der Waals surface area contributed by atoms with Crippen LogP contribution < -0.4 is 22.1 Å². The lowest BCUT2D eigenvalue weighted by Crippen LogP contribution is -2.37. The van der Waals surface area contributed by atoms with Crippen LogP contribution in [0.5, 0.6) is 0 Å². The van der Waals surface area contributed by atoms with E-state index in [2.05, 4.69) is 30.4 Å². The van der Waals surface area contributed by atoms with Gasteiger partial charge in [0, 0.05) is 43.3 Å². The fraction of sp³-hybridized carbons (Fsp3) is 0.464. The molecule has 0 aromatic carbocycles. The Hall–Kier alpha value is -4.95. The number of anilines is 2. The van der Waals surface area contributed by atoms with E-state index in [1.165, 1.54) is 33.5 Å². The molecule has 4 atom stereocenters. The van der Waals surface area contributed by atoms with Gasteiger partial charge in [0.1, 0.15) is 17.2 Å². The maximum atomic E-state index is 13.6. The van der Waals surface area contributed by atoms with Crippen LogP contribution in [0.4, 0.5) is 16.4 Å². The summed E-state index contributed by atoms with van der Waals surface area (Å²) in [7, 11) is 4.37. The molecule has 0 spiro atoms. The van der Waals surface area contributed by atoms with Crippen LogP contribution in [-0.4, -0.2) is 78.9 Å². The van der Waals surface area contributed by atoms with Gasteiger partial charge in [-0.05, 0) is 43.7 Å². The molecule has 2 saturated carbocycles. The number of nitrogens with two attached hydrogens (primary N) is 1. The van der Waals surface area contributed by atoms with Crippen LogP contribution in [0.25, 0.3) is 22.1 Å². The number of nitrogens with one attached hydrogen (secondary N) is 2. The van der Waals surface area contributed by atoms with Gasteiger partial charge in [0.2, 0.25) is 5.91 Å². The maximum absolute atomic E-state index is 13.6. The fourth-order valence-corrected chi connectivity index (χ4v) is 5.89. The molecule has 2 fully saturated rings. The smallest absolute Gasteiger partial charge is 0.407 e. The van der Waals surface area contributed by atoms with Gasteiger partial charge in [-0.2, -0.15) is 5.10 Å². The van der Waals surface area contributed by atoms with Crippen molar-refractivity contribution < 1.29 is 24.6 Å². The lowest BCUT2D eigenvalue weighted by molar-refractivity contribution is -0.123. The molecule has 43 heavy (non-hydrogen) atoms. The highest BCUT2D eigenvalue weighted by atomic mass is 16.5. The lowest BCUT2D eigenvalue weighted by Gasteiger charge is -2.15. The van der Waals surface area contributed by atoms with Gasteiger partial charge in [-0.15, -0.1) is 0 Å². The number of amides is 3. The predicted molar refractivity (Wildman–Crippen MR) is 157 cm³/mol. The van der Waals surface area contributed by atoms with Crippen molar-refractivity contribution in [2.75, 3.05) is 26.5 Å². The second-order valence-corrected chi connectivity index (χ2v) is 11.2.